The molecule has 1 atom stereocenters. The van der Waals surface area contributed by atoms with E-state index in [-0.39, 0.29) is 0 Å². The number of nitrogen functional groups attached to an aromatic ring is 1. The smallest absolute Gasteiger partial charge is 0.136 e. The number of hydrogen-bond donors (Lipinski definition) is 2. The normalized spacial score (nSPS) is 16.2. The van der Waals surface area contributed by atoms with Gasteiger partial charge in [0.05, 0.1) is 0 Å². The van der Waals surface area contributed by atoms with Crippen LogP contribution in [0.3, 0.4) is 0 Å². The molecule has 0 bridgehead atoms. The second kappa shape index (κ2) is 7.59. The van der Waals surface area contributed by atoms with Crippen LogP contribution in [-0.2, 0) is 0 Å². The highest BCUT2D eigenvalue weighted by Gasteiger charge is 2.27. The Labute approximate surface area is 128 Å². The lowest BCUT2D eigenvalue weighted by Gasteiger charge is -2.20. The van der Waals surface area contributed by atoms with Gasteiger partial charge in [0, 0.05) is 18.0 Å². The zero-order chi connectivity index (χ0) is 15.2. The molecule has 0 aliphatic heterocycles. The van der Waals surface area contributed by atoms with Crippen LogP contribution < -0.4 is 11.1 Å². The number of nitrogens with one attached hydrogen (secondary N) is 1. The van der Waals surface area contributed by atoms with Crippen LogP contribution in [0, 0.1) is 0 Å². The molecular weight excluding hydrogens is 262 g/mol. The average Bonchev–Trinajstić information content (AvgIpc) is 3.27. The SMILES string of the molecule is CCN(CC)CCCC(C)Nc1cc(N)nc(C2CC2)n1. The van der Waals surface area contributed by atoms with Gasteiger partial charge < -0.3 is 16.0 Å². The molecule has 0 aromatic carbocycles. The number of anilines is 2. The molecule has 3 N–H and O–H groups in total. The standard InChI is InChI=1S/C16H29N5/c1-4-21(5-2)10-6-7-12(3)18-15-11-14(17)19-16(20-15)13-8-9-13/h11-13H,4-10H2,1-3H3,(H3,17,18,19,20). The first-order valence-electron chi connectivity index (χ1n) is 8.25. The molecule has 1 fully saturated rings. The zero-order valence-corrected chi connectivity index (χ0v) is 13.6. The molecule has 1 aliphatic carbocycles. The lowest BCUT2D eigenvalue weighted by molar-refractivity contribution is 0.295. The first-order chi connectivity index (χ1) is 10.1. The maximum atomic E-state index is 5.88. The van der Waals surface area contributed by atoms with Crippen LogP contribution in [0.1, 0.15) is 58.2 Å². The van der Waals surface area contributed by atoms with E-state index in [2.05, 4.69) is 41.0 Å². The zero-order valence-electron chi connectivity index (χ0n) is 13.6. The van der Waals surface area contributed by atoms with Crippen LogP contribution in [0.5, 0.6) is 0 Å². The number of aromatic nitrogens is 2. The summed E-state index contributed by atoms with van der Waals surface area (Å²) in [6.45, 7) is 10.1. The van der Waals surface area contributed by atoms with Crippen LogP contribution >= 0.6 is 0 Å². The Morgan fingerprint density at radius 1 is 1.33 bits per heavy atom. The summed E-state index contributed by atoms with van der Waals surface area (Å²) < 4.78 is 0. The van der Waals surface area contributed by atoms with Gasteiger partial charge in [0.25, 0.3) is 0 Å². The van der Waals surface area contributed by atoms with Gasteiger partial charge in [-0.05, 0) is 52.2 Å². The van der Waals surface area contributed by atoms with Gasteiger partial charge in [-0.25, -0.2) is 9.97 Å². The Hall–Kier alpha value is -1.36. The molecule has 0 saturated heterocycles. The summed E-state index contributed by atoms with van der Waals surface area (Å²) >= 11 is 0. The molecule has 2 rings (SSSR count). The minimum Gasteiger partial charge on any atom is -0.384 e. The predicted octanol–water partition coefficient (Wildman–Crippen LogP) is 2.86. The fourth-order valence-electron chi connectivity index (χ4n) is 2.57. The Morgan fingerprint density at radius 2 is 2.05 bits per heavy atom. The maximum absolute atomic E-state index is 5.88. The van der Waals surface area contributed by atoms with Crippen LogP contribution in [0.15, 0.2) is 6.07 Å². The van der Waals surface area contributed by atoms with Gasteiger partial charge >= 0.3 is 0 Å². The molecule has 5 nitrogen and oxygen atoms in total. The summed E-state index contributed by atoms with van der Waals surface area (Å²) in [4.78, 5) is 11.4. The molecule has 0 spiro atoms. The van der Waals surface area contributed by atoms with Crippen molar-refractivity contribution in [3.8, 4) is 0 Å². The summed E-state index contributed by atoms with van der Waals surface area (Å²) in [5, 5.41) is 3.47. The molecule has 1 unspecified atom stereocenters. The lowest BCUT2D eigenvalue weighted by atomic mass is 10.1. The van der Waals surface area contributed by atoms with Crippen molar-refractivity contribution in [1.29, 1.82) is 0 Å². The third-order valence-electron chi connectivity index (χ3n) is 4.11. The summed E-state index contributed by atoms with van der Waals surface area (Å²) in [7, 11) is 0. The fraction of sp³-hybridized carbons (Fsp3) is 0.750. The van der Waals surface area contributed by atoms with E-state index in [1.54, 1.807) is 0 Å². The summed E-state index contributed by atoms with van der Waals surface area (Å²) in [5.74, 6) is 2.89. The molecule has 0 amide bonds. The molecule has 21 heavy (non-hydrogen) atoms. The van der Waals surface area contributed by atoms with Crippen molar-refractivity contribution in [1.82, 2.24) is 14.9 Å². The van der Waals surface area contributed by atoms with Gasteiger partial charge in [-0.15, -0.1) is 0 Å². The number of rotatable bonds is 9. The van der Waals surface area contributed by atoms with E-state index in [1.807, 2.05) is 6.07 Å². The van der Waals surface area contributed by atoms with Gasteiger partial charge in [-0.3, -0.25) is 0 Å². The van der Waals surface area contributed by atoms with Crippen molar-refractivity contribution in [2.45, 2.75) is 58.4 Å². The van der Waals surface area contributed by atoms with Crippen LogP contribution in [0.25, 0.3) is 0 Å². The molecule has 0 radical (unpaired) electrons. The second-order valence-corrected chi connectivity index (χ2v) is 6.03. The van der Waals surface area contributed by atoms with Crippen molar-refractivity contribution < 1.29 is 0 Å². The Bertz CT molecular complexity index is 440. The van der Waals surface area contributed by atoms with Crippen LogP contribution in [0.4, 0.5) is 11.6 Å². The third-order valence-corrected chi connectivity index (χ3v) is 4.11. The molecular formula is C16H29N5. The highest BCUT2D eigenvalue weighted by atomic mass is 15.1. The monoisotopic (exact) mass is 291 g/mol. The molecule has 1 saturated carbocycles. The summed E-state index contributed by atoms with van der Waals surface area (Å²) in [6, 6.07) is 2.24. The Morgan fingerprint density at radius 3 is 2.67 bits per heavy atom. The first kappa shape index (κ1) is 16.0. The van der Waals surface area contributed by atoms with Crippen molar-refractivity contribution in [3.63, 3.8) is 0 Å². The summed E-state index contributed by atoms with van der Waals surface area (Å²) in [6.07, 6.45) is 4.73. The van der Waals surface area contributed by atoms with E-state index in [0.29, 0.717) is 17.8 Å². The van der Waals surface area contributed by atoms with Gasteiger partial charge in [-0.1, -0.05) is 13.8 Å². The van der Waals surface area contributed by atoms with Crippen molar-refractivity contribution in [2.24, 2.45) is 0 Å². The minimum absolute atomic E-state index is 0.405. The minimum atomic E-state index is 0.405. The van der Waals surface area contributed by atoms with Gasteiger partial charge in [0.2, 0.25) is 0 Å². The van der Waals surface area contributed by atoms with Crippen molar-refractivity contribution in [2.75, 3.05) is 30.7 Å². The highest BCUT2D eigenvalue weighted by molar-refractivity contribution is 5.45. The Balaban J connectivity index is 1.80. The van der Waals surface area contributed by atoms with Crippen molar-refractivity contribution in [3.05, 3.63) is 11.9 Å². The number of nitrogens with two attached hydrogens (primary N) is 1. The quantitative estimate of drug-likeness (QED) is 0.732. The van der Waals surface area contributed by atoms with Crippen LogP contribution in [0.2, 0.25) is 0 Å². The van der Waals surface area contributed by atoms with E-state index in [9.17, 15) is 0 Å². The third kappa shape index (κ3) is 5.16. The second-order valence-electron chi connectivity index (χ2n) is 6.03. The topological polar surface area (TPSA) is 67.1 Å². The van der Waals surface area contributed by atoms with Gasteiger partial charge in [-0.2, -0.15) is 0 Å². The highest BCUT2D eigenvalue weighted by Crippen LogP contribution is 2.38. The molecule has 1 heterocycles. The summed E-state index contributed by atoms with van der Waals surface area (Å²) in [5.41, 5.74) is 5.88. The average molecular weight is 291 g/mol. The first-order valence-corrected chi connectivity index (χ1v) is 8.25. The van der Waals surface area contributed by atoms with E-state index in [1.165, 1.54) is 19.3 Å². The molecule has 1 aromatic rings. The number of hydrogen-bond acceptors (Lipinski definition) is 5. The fourth-order valence-corrected chi connectivity index (χ4v) is 2.57. The molecule has 1 aromatic heterocycles. The predicted molar refractivity (Wildman–Crippen MR) is 88.5 cm³/mol. The maximum Gasteiger partial charge on any atom is 0.136 e. The van der Waals surface area contributed by atoms with Crippen LogP contribution in [-0.4, -0.2) is 40.5 Å². The van der Waals surface area contributed by atoms with Crippen molar-refractivity contribution >= 4 is 11.6 Å². The van der Waals surface area contributed by atoms with E-state index in [4.69, 9.17) is 5.73 Å². The van der Waals surface area contributed by atoms with Gasteiger partial charge in [0.1, 0.15) is 17.5 Å². The van der Waals surface area contributed by atoms with E-state index in [0.717, 1.165) is 37.7 Å². The lowest BCUT2D eigenvalue weighted by Crippen LogP contribution is -2.25. The number of nitrogens with zero attached hydrogens (tertiary/aromatic N) is 3. The van der Waals surface area contributed by atoms with E-state index >= 15 is 0 Å². The van der Waals surface area contributed by atoms with E-state index < -0.39 is 0 Å². The Kier molecular flexibility index (Phi) is 5.79. The van der Waals surface area contributed by atoms with Gasteiger partial charge in [0.15, 0.2) is 0 Å². The molecule has 118 valence electrons. The largest absolute Gasteiger partial charge is 0.384 e. The molecule has 5 heteroatoms. The molecule has 1 aliphatic rings.